The summed E-state index contributed by atoms with van der Waals surface area (Å²) >= 11 is 0. The molecule has 2 nitrogen and oxygen atoms in total. The Morgan fingerprint density at radius 1 is 1.73 bits per heavy atom. The van der Waals surface area contributed by atoms with Crippen molar-refractivity contribution in [2.75, 3.05) is 7.11 Å². The quantitative estimate of drug-likeness (QED) is 0.570. The van der Waals surface area contributed by atoms with Crippen molar-refractivity contribution in [3.05, 3.63) is 35.6 Å². The monoisotopic (exact) mass is 153 g/mol. The van der Waals surface area contributed by atoms with Gasteiger partial charge in [0, 0.05) is 0 Å². The van der Waals surface area contributed by atoms with Gasteiger partial charge in [-0.3, -0.25) is 0 Å². The molecule has 0 N–H and O–H groups in total. The molecule has 0 aliphatic carbocycles. The maximum atomic E-state index is 12.7. The fourth-order valence-electron chi connectivity index (χ4n) is 0.678. The summed E-state index contributed by atoms with van der Waals surface area (Å²) in [5.74, 6) is -1.27. The van der Waals surface area contributed by atoms with Gasteiger partial charge in [0.1, 0.15) is 5.82 Å². The van der Waals surface area contributed by atoms with Crippen molar-refractivity contribution in [1.29, 1.82) is 0 Å². The predicted molar refractivity (Wildman–Crippen MR) is 36.6 cm³/mol. The standard InChI is InChI=1S/C8H6FO2/c1-11-8(10)6-4-2-3-5-7(6)9/h3-5H,1H3. The van der Waals surface area contributed by atoms with Crippen LogP contribution in [-0.4, -0.2) is 13.1 Å². The number of rotatable bonds is 1. The van der Waals surface area contributed by atoms with E-state index in [2.05, 4.69) is 10.8 Å². The molecular weight excluding hydrogens is 147 g/mol. The topological polar surface area (TPSA) is 26.3 Å². The number of esters is 1. The highest BCUT2D eigenvalue weighted by atomic mass is 19.1. The van der Waals surface area contributed by atoms with Crippen LogP contribution in [0.4, 0.5) is 4.39 Å². The highest BCUT2D eigenvalue weighted by Crippen LogP contribution is 2.06. The summed E-state index contributed by atoms with van der Waals surface area (Å²) in [4.78, 5) is 10.8. The van der Waals surface area contributed by atoms with Crippen LogP contribution in [0, 0.1) is 11.9 Å². The van der Waals surface area contributed by atoms with Crippen molar-refractivity contribution in [3.8, 4) is 0 Å². The minimum atomic E-state index is -0.681. The van der Waals surface area contributed by atoms with E-state index in [9.17, 15) is 9.18 Å². The second-order valence-electron chi connectivity index (χ2n) is 1.90. The average molecular weight is 153 g/mol. The van der Waals surface area contributed by atoms with Crippen molar-refractivity contribution in [2.24, 2.45) is 0 Å². The molecule has 1 aromatic rings. The van der Waals surface area contributed by atoms with E-state index < -0.39 is 11.8 Å². The molecule has 0 atom stereocenters. The van der Waals surface area contributed by atoms with Crippen molar-refractivity contribution < 1.29 is 13.9 Å². The van der Waals surface area contributed by atoms with E-state index in [4.69, 9.17) is 0 Å². The lowest BCUT2D eigenvalue weighted by Crippen LogP contribution is -2.03. The number of carbonyl (C=O) groups excluding carboxylic acids is 1. The third-order valence-corrected chi connectivity index (χ3v) is 1.22. The summed E-state index contributed by atoms with van der Waals surface area (Å²) in [5, 5.41) is 0. The predicted octanol–water partition coefficient (Wildman–Crippen LogP) is 1.41. The van der Waals surface area contributed by atoms with Gasteiger partial charge in [-0.15, -0.1) is 0 Å². The molecule has 57 valence electrons. The van der Waals surface area contributed by atoms with Crippen LogP contribution in [0.2, 0.25) is 0 Å². The molecule has 0 aromatic heterocycles. The van der Waals surface area contributed by atoms with E-state index in [1.54, 1.807) is 0 Å². The van der Waals surface area contributed by atoms with Crippen molar-refractivity contribution >= 4 is 5.97 Å². The smallest absolute Gasteiger partial charge is 0.340 e. The number of hydrogen-bond acceptors (Lipinski definition) is 2. The largest absolute Gasteiger partial charge is 0.465 e. The van der Waals surface area contributed by atoms with Crippen LogP contribution in [0.15, 0.2) is 18.2 Å². The van der Waals surface area contributed by atoms with Crippen LogP contribution in [0.1, 0.15) is 10.4 Å². The third kappa shape index (κ3) is 1.55. The number of ether oxygens (including phenoxy) is 1. The van der Waals surface area contributed by atoms with E-state index in [-0.39, 0.29) is 5.56 Å². The van der Waals surface area contributed by atoms with Crippen LogP contribution in [0.3, 0.4) is 0 Å². The molecule has 0 aliphatic rings. The molecule has 0 saturated carbocycles. The molecular formula is C8H6FO2. The molecule has 0 spiro atoms. The molecule has 0 fully saturated rings. The van der Waals surface area contributed by atoms with E-state index in [0.717, 1.165) is 6.07 Å². The molecule has 1 rings (SSSR count). The molecule has 1 aromatic carbocycles. The maximum absolute atomic E-state index is 12.7. The van der Waals surface area contributed by atoms with Gasteiger partial charge in [0.2, 0.25) is 0 Å². The third-order valence-electron chi connectivity index (χ3n) is 1.22. The van der Waals surface area contributed by atoms with E-state index in [0.29, 0.717) is 0 Å². The Kier molecular flexibility index (Phi) is 2.21. The Bertz CT molecular complexity index is 271. The number of methoxy groups -OCH3 is 1. The van der Waals surface area contributed by atoms with Gasteiger partial charge in [-0.25, -0.2) is 9.18 Å². The van der Waals surface area contributed by atoms with Crippen molar-refractivity contribution in [3.63, 3.8) is 0 Å². The normalized spacial score (nSPS) is 9.27. The Morgan fingerprint density at radius 3 is 3.00 bits per heavy atom. The van der Waals surface area contributed by atoms with Gasteiger partial charge < -0.3 is 4.74 Å². The first-order chi connectivity index (χ1) is 5.25. The summed E-state index contributed by atoms with van der Waals surface area (Å²) in [5.41, 5.74) is -0.0880. The SMILES string of the molecule is COC(=O)c1c[c]ccc1F. The zero-order valence-corrected chi connectivity index (χ0v) is 5.93. The van der Waals surface area contributed by atoms with E-state index in [1.807, 2.05) is 0 Å². The number of halogens is 1. The van der Waals surface area contributed by atoms with Gasteiger partial charge in [0.05, 0.1) is 12.7 Å². The Morgan fingerprint density at radius 2 is 2.45 bits per heavy atom. The molecule has 11 heavy (non-hydrogen) atoms. The first kappa shape index (κ1) is 7.72. The molecule has 3 heteroatoms. The van der Waals surface area contributed by atoms with Crippen LogP contribution in [-0.2, 0) is 4.74 Å². The minimum absolute atomic E-state index is 0.0880. The number of hydrogen-bond donors (Lipinski definition) is 0. The van der Waals surface area contributed by atoms with Crippen LogP contribution >= 0.6 is 0 Å². The van der Waals surface area contributed by atoms with E-state index in [1.165, 1.54) is 19.2 Å². The molecule has 0 heterocycles. The molecule has 0 unspecified atom stereocenters. The van der Waals surface area contributed by atoms with Gasteiger partial charge >= 0.3 is 5.97 Å². The molecule has 1 radical (unpaired) electrons. The number of carbonyl (C=O) groups is 1. The van der Waals surface area contributed by atoms with Gasteiger partial charge in [-0.1, -0.05) is 6.07 Å². The second kappa shape index (κ2) is 3.14. The first-order valence-corrected chi connectivity index (χ1v) is 2.99. The number of benzene rings is 1. The zero-order valence-electron chi connectivity index (χ0n) is 5.93. The molecule has 0 saturated heterocycles. The summed E-state index contributed by atoms with van der Waals surface area (Å²) in [6.45, 7) is 0. The second-order valence-corrected chi connectivity index (χ2v) is 1.90. The van der Waals surface area contributed by atoms with Crippen molar-refractivity contribution in [1.82, 2.24) is 0 Å². The van der Waals surface area contributed by atoms with Crippen LogP contribution in [0.25, 0.3) is 0 Å². The van der Waals surface area contributed by atoms with E-state index >= 15 is 0 Å². The Balaban J connectivity index is 3.03. The van der Waals surface area contributed by atoms with Crippen LogP contribution < -0.4 is 0 Å². The Labute approximate surface area is 63.6 Å². The summed E-state index contributed by atoms with van der Waals surface area (Å²) in [6.07, 6.45) is 0. The minimum Gasteiger partial charge on any atom is -0.465 e. The molecule has 0 aliphatic heterocycles. The summed E-state index contributed by atoms with van der Waals surface area (Å²) < 4.78 is 17.0. The zero-order chi connectivity index (χ0) is 8.27. The van der Waals surface area contributed by atoms with Gasteiger partial charge in [0.15, 0.2) is 0 Å². The average Bonchev–Trinajstić information content (AvgIpc) is 2.04. The summed E-state index contributed by atoms with van der Waals surface area (Å²) in [6, 6.07) is 6.38. The highest BCUT2D eigenvalue weighted by molar-refractivity contribution is 5.89. The Hall–Kier alpha value is -1.38. The maximum Gasteiger partial charge on any atom is 0.340 e. The lowest BCUT2D eigenvalue weighted by Gasteiger charge is -1.98. The fraction of sp³-hybridized carbons (Fsp3) is 0.125. The highest BCUT2D eigenvalue weighted by Gasteiger charge is 2.09. The fourth-order valence-corrected chi connectivity index (χ4v) is 0.678. The molecule has 0 bridgehead atoms. The first-order valence-electron chi connectivity index (χ1n) is 2.99. The van der Waals surface area contributed by atoms with Crippen LogP contribution in [0.5, 0.6) is 0 Å². The van der Waals surface area contributed by atoms with Gasteiger partial charge in [-0.2, -0.15) is 0 Å². The van der Waals surface area contributed by atoms with Crippen molar-refractivity contribution in [2.45, 2.75) is 0 Å². The lowest BCUT2D eigenvalue weighted by atomic mass is 10.2. The van der Waals surface area contributed by atoms with Gasteiger partial charge in [-0.05, 0) is 18.2 Å². The van der Waals surface area contributed by atoms with Gasteiger partial charge in [0.25, 0.3) is 0 Å². The lowest BCUT2D eigenvalue weighted by molar-refractivity contribution is 0.0595. The molecule has 0 amide bonds. The summed E-state index contributed by atoms with van der Waals surface area (Å²) in [7, 11) is 1.20.